The highest BCUT2D eigenvalue weighted by Gasteiger charge is 2.08. The molecule has 0 aliphatic carbocycles. The van der Waals surface area contributed by atoms with E-state index in [1.54, 1.807) is 24.3 Å². The first-order chi connectivity index (χ1) is 10.2. The molecule has 3 aromatic rings. The summed E-state index contributed by atoms with van der Waals surface area (Å²) < 4.78 is 7.86. The van der Waals surface area contributed by atoms with Crippen LogP contribution in [0.2, 0.25) is 0 Å². The van der Waals surface area contributed by atoms with Gasteiger partial charge in [-0.3, -0.25) is 0 Å². The number of nitrogens with zero attached hydrogens (tertiary/aromatic N) is 1. The van der Waals surface area contributed by atoms with Gasteiger partial charge < -0.3 is 20.1 Å². The van der Waals surface area contributed by atoms with E-state index in [2.05, 4.69) is 22.9 Å². The van der Waals surface area contributed by atoms with Gasteiger partial charge in [-0.1, -0.05) is 12.1 Å². The summed E-state index contributed by atoms with van der Waals surface area (Å²) >= 11 is 0. The van der Waals surface area contributed by atoms with Crippen molar-refractivity contribution in [1.29, 1.82) is 0 Å². The fraction of sp³-hybridized carbons (Fsp3) is 0.176. The quantitative estimate of drug-likeness (QED) is 0.773. The lowest BCUT2D eigenvalue weighted by Crippen LogP contribution is -1.96. The topological polar surface area (TPSA) is 60.4 Å². The van der Waals surface area contributed by atoms with Crippen LogP contribution >= 0.6 is 0 Å². The number of rotatable bonds is 4. The standard InChI is InChI=1S/C17H18N2O2/c1-19-10-13(11-21-15-5-3-14(20)4-6-15)16-7-2-12(9-18)8-17(16)19/h2-8,10,20H,9,11,18H2,1H3. The molecule has 0 saturated heterocycles. The molecule has 0 fully saturated rings. The lowest BCUT2D eigenvalue weighted by atomic mass is 10.1. The van der Waals surface area contributed by atoms with Crippen LogP contribution in [0.1, 0.15) is 11.1 Å². The third-order valence-corrected chi connectivity index (χ3v) is 3.60. The average Bonchev–Trinajstić information content (AvgIpc) is 2.82. The zero-order valence-electron chi connectivity index (χ0n) is 11.9. The van der Waals surface area contributed by atoms with Gasteiger partial charge in [-0.2, -0.15) is 0 Å². The summed E-state index contributed by atoms with van der Waals surface area (Å²) in [5.41, 5.74) is 9.09. The number of fused-ring (bicyclic) bond motifs is 1. The van der Waals surface area contributed by atoms with Crippen molar-refractivity contribution in [2.75, 3.05) is 0 Å². The van der Waals surface area contributed by atoms with E-state index in [-0.39, 0.29) is 5.75 Å². The van der Waals surface area contributed by atoms with E-state index in [0.717, 1.165) is 22.4 Å². The molecule has 0 amide bonds. The van der Waals surface area contributed by atoms with Gasteiger partial charge in [0.2, 0.25) is 0 Å². The molecule has 0 bridgehead atoms. The molecule has 21 heavy (non-hydrogen) atoms. The summed E-state index contributed by atoms with van der Waals surface area (Å²) in [7, 11) is 2.02. The van der Waals surface area contributed by atoms with Crippen LogP contribution in [0.4, 0.5) is 0 Å². The second kappa shape index (κ2) is 5.50. The second-order valence-electron chi connectivity index (χ2n) is 5.10. The zero-order chi connectivity index (χ0) is 14.8. The maximum Gasteiger partial charge on any atom is 0.120 e. The van der Waals surface area contributed by atoms with E-state index in [9.17, 15) is 5.11 Å². The van der Waals surface area contributed by atoms with Crippen LogP contribution in [0, 0.1) is 0 Å². The summed E-state index contributed by atoms with van der Waals surface area (Å²) in [6, 6.07) is 13.0. The smallest absolute Gasteiger partial charge is 0.120 e. The number of hydrogen-bond acceptors (Lipinski definition) is 3. The Bertz CT molecular complexity index is 760. The highest BCUT2D eigenvalue weighted by Crippen LogP contribution is 2.24. The zero-order valence-corrected chi connectivity index (χ0v) is 11.9. The molecular formula is C17H18N2O2. The molecular weight excluding hydrogens is 264 g/mol. The number of nitrogens with two attached hydrogens (primary N) is 1. The fourth-order valence-electron chi connectivity index (χ4n) is 2.46. The number of aryl methyl sites for hydroxylation is 1. The SMILES string of the molecule is Cn1cc(COc2ccc(O)cc2)c2ccc(CN)cc21. The summed E-state index contributed by atoms with van der Waals surface area (Å²) in [6.45, 7) is 1.03. The van der Waals surface area contributed by atoms with Crippen molar-refractivity contribution in [3.8, 4) is 11.5 Å². The minimum atomic E-state index is 0.238. The van der Waals surface area contributed by atoms with Crippen LogP contribution in [0.25, 0.3) is 10.9 Å². The van der Waals surface area contributed by atoms with Gasteiger partial charge in [-0.25, -0.2) is 0 Å². The first-order valence-electron chi connectivity index (χ1n) is 6.86. The van der Waals surface area contributed by atoms with Crippen molar-refractivity contribution in [3.63, 3.8) is 0 Å². The molecule has 3 rings (SSSR count). The van der Waals surface area contributed by atoms with Crippen LogP contribution in [-0.2, 0) is 20.2 Å². The van der Waals surface area contributed by atoms with E-state index in [1.165, 1.54) is 5.39 Å². The number of ether oxygens (including phenoxy) is 1. The molecule has 0 unspecified atom stereocenters. The summed E-state index contributed by atoms with van der Waals surface area (Å²) in [4.78, 5) is 0. The molecule has 1 aromatic heterocycles. The molecule has 0 saturated carbocycles. The number of phenols is 1. The van der Waals surface area contributed by atoms with Gasteiger partial charge in [0.25, 0.3) is 0 Å². The van der Waals surface area contributed by atoms with Gasteiger partial charge in [-0.05, 0) is 35.9 Å². The molecule has 4 nitrogen and oxygen atoms in total. The van der Waals surface area contributed by atoms with Crippen LogP contribution in [0.15, 0.2) is 48.7 Å². The number of aromatic hydroxyl groups is 1. The Morgan fingerprint density at radius 3 is 2.62 bits per heavy atom. The number of phenolic OH excluding ortho intramolecular Hbond substituents is 1. The Kier molecular flexibility index (Phi) is 3.54. The molecule has 1 heterocycles. The maximum atomic E-state index is 9.27. The van der Waals surface area contributed by atoms with Gasteiger partial charge >= 0.3 is 0 Å². The van der Waals surface area contributed by atoms with E-state index in [0.29, 0.717) is 13.2 Å². The number of benzene rings is 2. The highest BCUT2D eigenvalue weighted by molar-refractivity contribution is 5.84. The van der Waals surface area contributed by atoms with E-state index in [1.807, 2.05) is 13.1 Å². The molecule has 0 spiro atoms. The molecule has 0 radical (unpaired) electrons. The molecule has 108 valence electrons. The molecule has 0 aliphatic rings. The van der Waals surface area contributed by atoms with Crippen molar-refractivity contribution in [2.45, 2.75) is 13.2 Å². The highest BCUT2D eigenvalue weighted by atomic mass is 16.5. The minimum absolute atomic E-state index is 0.238. The van der Waals surface area contributed by atoms with E-state index in [4.69, 9.17) is 10.5 Å². The van der Waals surface area contributed by atoms with Crippen LogP contribution in [-0.4, -0.2) is 9.67 Å². The van der Waals surface area contributed by atoms with Crippen LogP contribution in [0.3, 0.4) is 0 Å². The van der Waals surface area contributed by atoms with Gasteiger partial charge in [0, 0.05) is 36.3 Å². The summed E-state index contributed by atoms with van der Waals surface area (Å²) in [5, 5.41) is 10.4. The molecule has 0 atom stereocenters. The maximum absolute atomic E-state index is 9.27. The number of hydrogen-bond donors (Lipinski definition) is 2. The largest absolute Gasteiger partial charge is 0.508 e. The Morgan fingerprint density at radius 1 is 1.14 bits per heavy atom. The Hall–Kier alpha value is -2.46. The van der Waals surface area contributed by atoms with Crippen molar-refractivity contribution in [1.82, 2.24) is 4.57 Å². The van der Waals surface area contributed by atoms with Crippen molar-refractivity contribution < 1.29 is 9.84 Å². The fourth-order valence-corrected chi connectivity index (χ4v) is 2.46. The molecule has 0 aliphatic heterocycles. The van der Waals surface area contributed by atoms with Gasteiger partial charge in [0.1, 0.15) is 18.1 Å². The van der Waals surface area contributed by atoms with Crippen LogP contribution < -0.4 is 10.5 Å². The van der Waals surface area contributed by atoms with Crippen molar-refractivity contribution >= 4 is 10.9 Å². The first-order valence-corrected chi connectivity index (χ1v) is 6.86. The van der Waals surface area contributed by atoms with E-state index >= 15 is 0 Å². The Labute approximate surface area is 123 Å². The lowest BCUT2D eigenvalue weighted by Gasteiger charge is -2.05. The number of aromatic nitrogens is 1. The van der Waals surface area contributed by atoms with Gasteiger partial charge in [0.15, 0.2) is 0 Å². The molecule has 4 heteroatoms. The van der Waals surface area contributed by atoms with E-state index < -0.39 is 0 Å². The van der Waals surface area contributed by atoms with Crippen LogP contribution in [0.5, 0.6) is 11.5 Å². The van der Waals surface area contributed by atoms with Gasteiger partial charge in [0.05, 0.1) is 0 Å². The third kappa shape index (κ3) is 2.71. The van der Waals surface area contributed by atoms with Crippen molar-refractivity contribution in [3.05, 3.63) is 59.8 Å². The molecule has 3 N–H and O–H groups in total. The molecule has 2 aromatic carbocycles. The Balaban J connectivity index is 1.85. The summed E-state index contributed by atoms with van der Waals surface area (Å²) in [5.74, 6) is 0.977. The second-order valence-corrected chi connectivity index (χ2v) is 5.10. The predicted octanol–water partition coefficient (Wildman–Crippen LogP) is 2.92. The minimum Gasteiger partial charge on any atom is -0.508 e. The third-order valence-electron chi connectivity index (χ3n) is 3.60. The Morgan fingerprint density at radius 2 is 1.90 bits per heavy atom. The first kappa shape index (κ1) is 13.5. The van der Waals surface area contributed by atoms with Gasteiger partial charge in [-0.15, -0.1) is 0 Å². The lowest BCUT2D eigenvalue weighted by molar-refractivity contribution is 0.307. The average molecular weight is 282 g/mol. The summed E-state index contributed by atoms with van der Waals surface area (Å²) in [6.07, 6.45) is 2.07. The monoisotopic (exact) mass is 282 g/mol. The van der Waals surface area contributed by atoms with Crippen molar-refractivity contribution in [2.24, 2.45) is 12.8 Å². The predicted molar refractivity (Wildman–Crippen MR) is 83.2 cm³/mol. The normalized spacial score (nSPS) is 11.0.